The highest BCUT2D eigenvalue weighted by atomic mass is 35.5. The standard InChI is InChI=1S/C20H25ClN2O3S/c1-4-9-15(2)22-20(24)14-23(19-13-8-12-18(21)16(19)3)27(25,26)17-10-6-5-7-11-17/h5-8,10-13,15H,4,9,14H2,1-3H3,(H,22,24). The molecule has 2 aromatic carbocycles. The van der Waals surface area contributed by atoms with Crippen LogP contribution in [0.3, 0.4) is 0 Å². The molecule has 27 heavy (non-hydrogen) atoms. The van der Waals surface area contributed by atoms with Crippen LogP contribution in [-0.2, 0) is 14.8 Å². The van der Waals surface area contributed by atoms with Crippen molar-refractivity contribution >= 4 is 33.2 Å². The number of hydrogen-bond acceptors (Lipinski definition) is 3. The summed E-state index contributed by atoms with van der Waals surface area (Å²) in [5.41, 5.74) is 0.998. The van der Waals surface area contributed by atoms with Crippen molar-refractivity contribution in [1.29, 1.82) is 0 Å². The van der Waals surface area contributed by atoms with E-state index < -0.39 is 10.0 Å². The Morgan fingerprint density at radius 1 is 1.15 bits per heavy atom. The maximum Gasteiger partial charge on any atom is 0.264 e. The third-order valence-electron chi connectivity index (χ3n) is 4.26. The first kappa shape index (κ1) is 21.3. The molecule has 0 fully saturated rings. The van der Waals surface area contributed by atoms with Gasteiger partial charge in [0.15, 0.2) is 0 Å². The first-order chi connectivity index (χ1) is 12.8. The van der Waals surface area contributed by atoms with Gasteiger partial charge in [0.1, 0.15) is 6.54 Å². The fourth-order valence-corrected chi connectivity index (χ4v) is 4.51. The quantitative estimate of drug-likeness (QED) is 0.713. The number of halogens is 1. The van der Waals surface area contributed by atoms with Crippen molar-refractivity contribution in [3.8, 4) is 0 Å². The second kappa shape index (κ2) is 9.24. The van der Waals surface area contributed by atoms with Gasteiger partial charge in [0.25, 0.3) is 10.0 Å². The number of benzene rings is 2. The van der Waals surface area contributed by atoms with E-state index in [4.69, 9.17) is 11.6 Å². The van der Waals surface area contributed by atoms with Gasteiger partial charge in [-0.1, -0.05) is 49.2 Å². The highest BCUT2D eigenvalue weighted by Crippen LogP contribution is 2.30. The van der Waals surface area contributed by atoms with E-state index in [-0.39, 0.29) is 23.4 Å². The summed E-state index contributed by atoms with van der Waals surface area (Å²) in [5, 5.41) is 3.31. The topological polar surface area (TPSA) is 66.5 Å². The van der Waals surface area contributed by atoms with Gasteiger partial charge in [0.05, 0.1) is 10.6 Å². The summed E-state index contributed by atoms with van der Waals surface area (Å²) in [6.45, 7) is 5.36. The molecule has 0 aliphatic heterocycles. The Kier molecular flexibility index (Phi) is 7.27. The number of amides is 1. The molecule has 2 rings (SSSR count). The molecule has 0 aliphatic rings. The lowest BCUT2D eigenvalue weighted by Gasteiger charge is -2.26. The zero-order chi connectivity index (χ0) is 20.0. The van der Waals surface area contributed by atoms with Gasteiger partial charge in [0, 0.05) is 11.1 Å². The number of nitrogens with zero attached hydrogens (tertiary/aromatic N) is 1. The Morgan fingerprint density at radius 2 is 1.81 bits per heavy atom. The van der Waals surface area contributed by atoms with Crippen molar-refractivity contribution < 1.29 is 13.2 Å². The minimum absolute atomic E-state index is 0.0239. The van der Waals surface area contributed by atoms with E-state index in [1.807, 2.05) is 13.8 Å². The lowest BCUT2D eigenvalue weighted by Crippen LogP contribution is -2.43. The smallest absolute Gasteiger partial charge is 0.264 e. The molecule has 5 nitrogen and oxygen atoms in total. The van der Waals surface area contributed by atoms with Crippen molar-refractivity contribution in [1.82, 2.24) is 5.32 Å². The molecule has 146 valence electrons. The van der Waals surface area contributed by atoms with Gasteiger partial charge in [-0.15, -0.1) is 0 Å². The molecule has 0 aromatic heterocycles. The van der Waals surface area contributed by atoms with Crippen LogP contribution < -0.4 is 9.62 Å². The van der Waals surface area contributed by atoms with Crippen LogP contribution in [0.15, 0.2) is 53.4 Å². The van der Waals surface area contributed by atoms with Crippen LogP contribution >= 0.6 is 11.6 Å². The number of carbonyl (C=O) groups is 1. The number of rotatable bonds is 8. The molecule has 0 radical (unpaired) electrons. The molecule has 0 bridgehead atoms. The van der Waals surface area contributed by atoms with Gasteiger partial charge in [-0.2, -0.15) is 0 Å². The van der Waals surface area contributed by atoms with E-state index in [1.54, 1.807) is 43.3 Å². The Morgan fingerprint density at radius 3 is 2.44 bits per heavy atom. The van der Waals surface area contributed by atoms with E-state index >= 15 is 0 Å². The summed E-state index contributed by atoms with van der Waals surface area (Å²) in [4.78, 5) is 12.7. The molecule has 1 N–H and O–H groups in total. The normalized spacial score (nSPS) is 12.4. The Balaban J connectivity index is 2.43. The van der Waals surface area contributed by atoms with Crippen molar-refractivity contribution in [2.45, 2.75) is 44.6 Å². The van der Waals surface area contributed by atoms with Gasteiger partial charge < -0.3 is 5.32 Å². The Bertz CT molecular complexity index is 885. The van der Waals surface area contributed by atoms with Crippen LogP contribution in [0.1, 0.15) is 32.3 Å². The average molecular weight is 409 g/mol. The predicted octanol–water partition coefficient (Wildman–Crippen LogP) is 4.15. The zero-order valence-corrected chi connectivity index (χ0v) is 17.3. The third-order valence-corrected chi connectivity index (χ3v) is 6.44. The predicted molar refractivity (Wildman–Crippen MR) is 110 cm³/mol. The molecular weight excluding hydrogens is 384 g/mol. The van der Waals surface area contributed by atoms with Crippen molar-refractivity contribution in [3.63, 3.8) is 0 Å². The lowest BCUT2D eigenvalue weighted by molar-refractivity contribution is -0.120. The maximum absolute atomic E-state index is 13.2. The average Bonchev–Trinajstić information content (AvgIpc) is 2.63. The second-order valence-electron chi connectivity index (χ2n) is 6.47. The molecular formula is C20H25ClN2O3S. The highest BCUT2D eigenvalue weighted by Gasteiger charge is 2.28. The molecule has 0 spiro atoms. The van der Waals surface area contributed by atoms with Gasteiger partial charge in [0.2, 0.25) is 5.91 Å². The minimum Gasteiger partial charge on any atom is -0.352 e. The minimum atomic E-state index is -3.92. The molecule has 0 saturated carbocycles. The van der Waals surface area contributed by atoms with E-state index in [2.05, 4.69) is 5.32 Å². The van der Waals surface area contributed by atoms with Crippen LogP contribution in [0.2, 0.25) is 5.02 Å². The van der Waals surface area contributed by atoms with E-state index in [9.17, 15) is 13.2 Å². The summed E-state index contributed by atoms with van der Waals surface area (Å²) >= 11 is 6.19. The Hall–Kier alpha value is -2.05. The van der Waals surface area contributed by atoms with Gasteiger partial charge in [-0.25, -0.2) is 8.42 Å². The van der Waals surface area contributed by atoms with Crippen LogP contribution in [-0.4, -0.2) is 26.9 Å². The largest absolute Gasteiger partial charge is 0.352 e. The van der Waals surface area contributed by atoms with E-state index in [0.717, 1.165) is 17.1 Å². The van der Waals surface area contributed by atoms with Crippen molar-refractivity contribution in [2.75, 3.05) is 10.8 Å². The molecule has 1 amide bonds. The summed E-state index contributed by atoms with van der Waals surface area (Å²) < 4.78 is 27.6. The van der Waals surface area contributed by atoms with Crippen molar-refractivity contribution in [3.05, 3.63) is 59.1 Å². The number of sulfonamides is 1. The summed E-state index contributed by atoms with van der Waals surface area (Å²) in [7, 11) is -3.92. The van der Waals surface area contributed by atoms with Gasteiger partial charge >= 0.3 is 0 Å². The Labute approximate surface area is 166 Å². The number of hydrogen-bond donors (Lipinski definition) is 1. The summed E-state index contributed by atoms with van der Waals surface area (Å²) in [6, 6.07) is 13.1. The molecule has 0 heterocycles. The lowest BCUT2D eigenvalue weighted by atomic mass is 10.2. The molecule has 0 aliphatic carbocycles. The third kappa shape index (κ3) is 5.23. The first-order valence-corrected chi connectivity index (χ1v) is 10.7. The van der Waals surface area contributed by atoms with Crippen molar-refractivity contribution in [2.24, 2.45) is 0 Å². The second-order valence-corrected chi connectivity index (χ2v) is 8.74. The molecule has 0 saturated heterocycles. The van der Waals surface area contributed by atoms with E-state index in [1.165, 1.54) is 12.1 Å². The molecule has 7 heteroatoms. The fraction of sp³-hybridized carbons (Fsp3) is 0.350. The van der Waals surface area contributed by atoms with Gasteiger partial charge in [-0.3, -0.25) is 9.10 Å². The van der Waals surface area contributed by atoms with Gasteiger partial charge in [-0.05, 0) is 50.1 Å². The van der Waals surface area contributed by atoms with Crippen LogP contribution in [0.25, 0.3) is 0 Å². The monoisotopic (exact) mass is 408 g/mol. The van der Waals surface area contributed by atoms with Crippen LogP contribution in [0, 0.1) is 6.92 Å². The molecule has 1 unspecified atom stereocenters. The van der Waals surface area contributed by atoms with Crippen LogP contribution in [0.4, 0.5) is 5.69 Å². The first-order valence-electron chi connectivity index (χ1n) is 8.89. The number of anilines is 1. The highest BCUT2D eigenvalue weighted by molar-refractivity contribution is 7.92. The fourth-order valence-electron chi connectivity index (χ4n) is 2.84. The van der Waals surface area contributed by atoms with E-state index in [0.29, 0.717) is 16.3 Å². The summed E-state index contributed by atoms with van der Waals surface area (Å²) in [5.74, 6) is -0.352. The SMILES string of the molecule is CCCC(C)NC(=O)CN(c1cccc(Cl)c1C)S(=O)(=O)c1ccccc1. The van der Waals surface area contributed by atoms with Crippen LogP contribution in [0.5, 0.6) is 0 Å². The molecule has 2 aromatic rings. The molecule has 1 atom stereocenters. The maximum atomic E-state index is 13.2. The summed E-state index contributed by atoms with van der Waals surface area (Å²) in [6.07, 6.45) is 1.76. The number of carbonyl (C=O) groups excluding carboxylic acids is 1. The number of nitrogens with one attached hydrogen (secondary N) is 1. The zero-order valence-electron chi connectivity index (χ0n) is 15.8.